The zero-order valence-electron chi connectivity index (χ0n) is 10.2. The minimum atomic E-state index is 0.0152. The number of hydrogen-bond donors (Lipinski definition) is 0. The fourth-order valence-electron chi connectivity index (χ4n) is 1.82. The number of hydrogen-bond acceptors (Lipinski definition) is 3. The Kier molecular flexibility index (Phi) is 4.30. The van der Waals surface area contributed by atoms with E-state index in [4.69, 9.17) is 0 Å². The molecule has 0 unspecified atom stereocenters. The number of halogens is 1. The van der Waals surface area contributed by atoms with Crippen molar-refractivity contribution in [1.82, 2.24) is 19.5 Å². The Hall–Kier alpha value is -1.43. The highest BCUT2D eigenvalue weighted by atomic mass is 79.9. The minimum Gasteiger partial charge on any atom is -0.339 e. The first-order chi connectivity index (χ1) is 8.77. The Bertz CT molecular complexity index is 540. The molecule has 2 rings (SSSR count). The van der Waals surface area contributed by atoms with Gasteiger partial charge in [0.2, 0.25) is 0 Å². The molecule has 1 amide bonds. The van der Waals surface area contributed by atoms with Crippen LogP contribution < -0.4 is 0 Å². The number of fused-ring (bicyclic) bond motifs is 1. The summed E-state index contributed by atoms with van der Waals surface area (Å²) in [6.45, 7) is 3.43. The molecule has 0 aromatic carbocycles. The van der Waals surface area contributed by atoms with Gasteiger partial charge in [-0.3, -0.25) is 9.78 Å². The van der Waals surface area contributed by atoms with E-state index < -0.39 is 0 Å². The van der Waals surface area contributed by atoms with E-state index in [9.17, 15) is 4.79 Å². The molecule has 0 atom stereocenters. The number of alkyl halides is 1. The predicted molar refractivity (Wildman–Crippen MR) is 73.0 cm³/mol. The highest BCUT2D eigenvalue weighted by Crippen LogP contribution is 2.12. The Labute approximate surface area is 114 Å². The molecule has 0 N–H and O–H groups in total. The maximum absolute atomic E-state index is 12.4. The number of rotatable bonds is 5. The molecule has 96 valence electrons. The van der Waals surface area contributed by atoms with E-state index >= 15 is 0 Å². The number of amides is 1. The third-order valence-electron chi connectivity index (χ3n) is 2.79. The molecule has 2 heterocycles. The van der Waals surface area contributed by atoms with Gasteiger partial charge in [-0.15, -0.1) is 0 Å². The molecule has 6 heteroatoms. The molecule has 0 saturated heterocycles. The standard InChI is InChI=1S/C12H15BrN4O/c1-2-16(6-3-4-13)12(18)10-8-15-17-7-5-14-9-11(10)17/h5,7-9H,2-4,6H2,1H3. The normalized spacial score (nSPS) is 10.8. The van der Waals surface area contributed by atoms with Crippen molar-refractivity contribution in [2.24, 2.45) is 0 Å². The van der Waals surface area contributed by atoms with Crippen LogP contribution in [0.2, 0.25) is 0 Å². The lowest BCUT2D eigenvalue weighted by molar-refractivity contribution is 0.0767. The molecule has 18 heavy (non-hydrogen) atoms. The van der Waals surface area contributed by atoms with Gasteiger partial charge in [-0.2, -0.15) is 5.10 Å². The van der Waals surface area contributed by atoms with Crippen LogP contribution >= 0.6 is 15.9 Å². The predicted octanol–water partition coefficient (Wildman–Crippen LogP) is 1.98. The second-order valence-corrected chi connectivity index (χ2v) is 4.68. The first-order valence-electron chi connectivity index (χ1n) is 5.90. The summed E-state index contributed by atoms with van der Waals surface area (Å²) in [5, 5.41) is 5.05. The fourth-order valence-corrected chi connectivity index (χ4v) is 2.07. The van der Waals surface area contributed by atoms with Crippen LogP contribution in [0.25, 0.3) is 5.52 Å². The molecule has 0 fully saturated rings. The van der Waals surface area contributed by atoms with Gasteiger partial charge >= 0.3 is 0 Å². The molecular weight excluding hydrogens is 296 g/mol. The largest absolute Gasteiger partial charge is 0.339 e. The quantitative estimate of drug-likeness (QED) is 0.793. The Morgan fingerprint density at radius 3 is 3.06 bits per heavy atom. The molecule has 0 aliphatic heterocycles. The summed E-state index contributed by atoms with van der Waals surface area (Å²) in [6.07, 6.45) is 7.60. The van der Waals surface area contributed by atoms with Crippen LogP contribution in [0.3, 0.4) is 0 Å². The van der Waals surface area contributed by atoms with E-state index in [1.807, 2.05) is 11.8 Å². The van der Waals surface area contributed by atoms with Crippen molar-refractivity contribution in [3.05, 3.63) is 30.4 Å². The molecule has 0 saturated carbocycles. The molecule has 2 aromatic rings. The van der Waals surface area contributed by atoms with Gasteiger partial charge in [-0.05, 0) is 13.3 Å². The van der Waals surface area contributed by atoms with Crippen molar-refractivity contribution in [3.63, 3.8) is 0 Å². The van der Waals surface area contributed by atoms with Gasteiger partial charge in [-0.1, -0.05) is 15.9 Å². The van der Waals surface area contributed by atoms with Crippen LogP contribution in [-0.2, 0) is 0 Å². The highest BCUT2D eigenvalue weighted by molar-refractivity contribution is 9.09. The van der Waals surface area contributed by atoms with Gasteiger partial charge in [-0.25, -0.2) is 4.52 Å². The lowest BCUT2D eigenvalue weighted by atomic mass is 10.2. The zero-order chi connectivity index (χ0) is 13.0. The van der Waals surface area contributed by atoms with Gasteiger partial charge < -0.3 is 4.90 Å². The lowest BCUT2D eigenvalue weighted by Crippen LogP contribution is -2.31. The lowest BCUT2D eigenvalue weighted by Gasteiger charge is -2.19. The van der Waals surface area contributed by atoms with Crippen molar-refractivity contribution in [2.45, 2.75) is 13.3 Å². The van der Waals surface area contributed by atoms with Crippen molar-refractivity contribution in [2.75, 3.05) is 18.4 Å². The minimum absolute atomic E-state index is 0.0152. The van der Waals surface area contributed by atoms with Gasteiger partial charge in [0, 0.05) is 30.8 Å². The first-order valence-corrected chi connectivity index (χ1v) is 7.02. The van der Waals surface area contributed by atoms with Crippen molar-refractivity contribution >= 4 is 27.4 Å². The topological polar surface area (TPSA) is 50.5 Å². The molecule has 0 radical (unpaired) electrons. The number of aromatic nitrogens is 3. The van der Waals surface area contributed by atoms with Crippen LogP contribution in [0.5, 0.6) is 0 Å². The van der Waals surface area contributed by atoms with Gasteiger partial charge in [0.05, 0.1) is 23.5 Å². The van der Waals surface area contributed by atoms with Crippen LogP contribution in [0, 0.1) is 0 Å². The van der Waals surface area contributed by atoms with Gasteiger partial charge in [0.1, 0.15) is 0 Å². The molecule has 0 spiro atoms. The molecule has 2 aromatic heterocycles. The Morgan fingerprint density at radius 1 is 1.50 bits per heavy atom. The third kappa shape index (κ3) is 2.53. The summed E-state index contributed by atoms with van der Waals surface area (Å²) >= 11 is 3.38. The van der Waals surface area contributed by atoms with Crippen LogP contribution in [0.15, 0.2) is 24.8 Å². The smallest absolute Gasteiger partial charge is 0.257 e. The molecule has 0 bridgehead atoms. The van der Waals surface area contributed by atoms with Gasteiger partial charge in [0.25, 0.3) is 5.91 Å². The van der Waals surface area contributed by atoms with Crippen molar-refractivity contribution in [1.29, 1.82) is 0 Å². The number of carbonyl (C=O) groups excluding carboxylic acids is 1. The monoisotopic (exact) mass is 310 g/mol. The van der Waals surface area contributed by atoms with E-state index in [1.54, 1.807) is 29.3 Å². The Balaban J connectivity index is 2.26. The van der Waals surface area contributed by atoms with E-state index in [-0.39, 0.29) is 5.91 Å². The maximum atomic E-state index is 12.4. The SMILES string of the molecule is CCN(CCCBr)C(=O)c1cnn2ccncc12. The molecule has 5 nitrogen and oxygen atoms in total. The zero-order valence-corrected chi connectivity index (χ0v) is 11.8. The first kappa shape index (κ1) is 13.0. The Morgan fingerprint density at radius 2 is 2.33 bits per heavy atom. The van der Waals surface area contributed by atoms with Crippen LogP contribution in [0.1, 0.15) is 23.7 Å². The summed E-state index contributed by atoms with van der Waals surface area (Å²) < 4.78 is 1.67. The average molecular weight is 311 g/mol. The molecule has 0 aliphatic rings. The summed E-state index contributed by atoms with van der Waals surface area (Å²) in [7, 11) is 0. The van der Waals surface area contributed by atoms with Crippen molar-refractivity contribution in [3.8, 4) is 0 Å². The highest BCUT2D eigenvalue weighted by Gasteiger charge is 2.18. The number of carbonyl (C=O) groups is 1. The summed E-state index contributed by atoms with van der Waals surface area (Å²) in [5.41, 5.74) is 1.36. The maximum Gasteiger partial charge on any atom is 0.257 e. The van der Waals surface area contributed by atoms with Crippen molar-refractivity contribution < 1.29 is 4.79 Å². The fraction of sp³-hybridized carbons (Fsp3) is 0.417. The second kappa shape index (κ2) is 5.95. The summed E-state index contributed by atoms with van der Waals surface area (Å²) in [5.74, 6) is 0.0152. The molecule has 0 aliphatic carbocycles. The average Bonchev–Trinajstić information content (AvgIpc) is 2.83. The van der Waals surface area contributed by atoms with E-state index in [2.05, 4.69) is 26.0 Å². The van der Waals surface area contributed by atoms with Crippen LogP contribution in [-0.4, -0.2) is 43.8 Å². The van der Waals surface area contributed by atoms with E-state index in [0.29, 0.717) is 12.1 Å². The van der Waals surface area contributed by atoms with Crippen LogP contribution in [0.4, 0.5) is 0 Å². The number of nitrogens with zero attached hydrogens (tertiary/aromatic N) is 4. The van der Waals surface area contributed by atoms with Gasteiger partial charge in [0.15, 0.2) is 0 Å². The summed E-state index contributed by atoms with van der Waals surface area (Å²) in [4.78, 5) is 18.2. The summed E-state index contributed by atoms with van der Waals surface area (Å²) in [6, 6.07) is 0. The second-order valence-electron chi connectivity index (χ2n) is 3.89. The molecular formula is C12H15BrN4O. The third-order valence-corrected chi connectivity index (χ3v) is 3.35. The van der Waals surface area contributed by atoms with E-state index in [1.165, 1.54) is 0 Å². The van der Waals surface area contributed by atoms with E-state index in [0.717, 1.165) is 23.8 Å².